The maximum atomic E-state index is 12.6. The zero-order chi connectivity index (χ0) is 9.35. The number of hydrogen-bond donors (Lipinski definition) is 1. The zero-order valence-electron chi connectivity index (χ0n) is 6.26. The van der Waals surface area contributed by atoms with E-state index in [-0.39, 0.29) is 10.7 Å². The van der Waals surface area contributed by atoms with E-state index in [0.29, 0.717) is 4.73 Å². The van der Waals surface area contributed by atoms with Crippen molar-refractivity contribution < 1.29 is 18.7 Å². The van der Waals surface area contributed by atoms with Crippen LogP contribution in [-0.2, 0) is 5.92 Å². The van der Waals surface area contributed by atoms with Gasteiger partial charge >= 0.3 is 5.15 Å². The smallest absolute Gasteiger partial charge is 0.284 e. The first-order valence-corrected chi connectivity index (χ1v) is 3.58. The van der Waals surface area contributed by atoms with Crippen LogP contribution in [0.15, 0.2) is 18.3 Å². The Morgan fingerprint density at radius 2 is 2.17 bits per heavy atom. The molecule has 2 nitrogen and oxygen atoms in total. The van der Waals surface area contributed by atoms with Crippen molar-refractivity contribution in [2.75, 3.05) is 0 Å². The van der Waals surface area contributed by atoms with Gasteiger partial charge in [-0.3, -0.25) is 5.21 Å². The van der Waals surface area contributed by atoms with Gasteiger partial charge in [0.25, 0.3) is 5.92 Å². The molecule has 0 amide bonds. The molecule has 1 rings (SSSR count). The monoisotopic (exact) mass is 194 g/mol. The summed E-state index contributed by atoms with van der Waals surface area (Å²) in [6, 6.07) is 2.12. The van der Waals surface area contributed by atoms with Crippen molar-refractivity contribution in [3.8, 4) is 0 Å². The Bertz CT molecular complexity index is 298. The van der Waals surface area contributed by atoms with Crippen LogP contribution in [0.1, 0.15) is 12.5 Å². The minimum Gasteiger partial charge on any atom is -0.284 e. The van der Waals surface area contributed by atoms with Gasteiger partial charge in [-0.1, -0.05) is 0 Å². The topological polar surface area (TPSA) is 24.1 Å². The fourth-order valence-corrected chi connectivity index (χ4v) is 0.912. The number of hydrogen-bond acceptors (Lipinski definition) is 1. The Balaban J connectivity index is 3.14. The minimum absolute atomic E-state index is 0.144. The summed E-state index contributed by atoms with van der Waals surface area (Å²) in [6.45, 7) is 0.764. The third-order valence-electron chi connectivity index (χ3n) is 1.40. The molecule has 0 radical (unpaired) electrons. The molecule has 0 saturated carbocycles. The molecular weight excluding hydrogens is 188 g/mol. The summed E-state index contributed by atoms with van der Waals surface area (Å²) in [4.78, 5) is 0. The molecular formula is C7H7ClF2NO+. The lowest BCUT2D eigenvalue weighted by molar-refractivity contribution is -0.903. The Kier molecular flexibility index (Phi) is 2.19. The molecule has 0 unspecified atom stereocenters. The highest BCUT2D eigenvalue weighted by Crippen LogP contribution is 2.26. The molecule has 1 aromatic heterocycles. The number of aromatic nitrogens is 1. The van der Waals surface area contributed by atoms with Gasteiger partial charge in [0.2, 0.25) is 6.20 Å². The van der Waals surface area contributed by atoms with Crippen molar-refractivity contribution in [3.63, 3.8) is 0 Å². The molecule has 1 N–H and O–H groups in total. The number of halogens is 3. The molecule has 0 aliphatic rings. The number of alkyl halides is 2. The molecule has 66 valence electrons. The molecule has 5 heteroatoms. The normalized spacial score (nSPS) is 11.7. The average Bonchev–Trinajstić information content (AvgIpc) is 1.92. The lowest BCUT2D eigenvalue weighted by Gasteiger charge is -2.07. The first kappa shape index (κ1) is 9.19. The molecule has 0 fully saturated rings. The lowest BCUT2D eigenvalue weighted by Crippen LogP contribution is -2.31. The van der Waals surface area contributed by atoms with Gasteiger partial charge in [0.05, 0.1) is 0 Å². The fourth-order valence-electron chi connectivity index (χ4n) is 0.738. The van der Waals surface area contributed by atoms with Crippen molar-refractivity contribution in [2.24, 2.45) is 0 Å². The maximum absolute atomic E-state index is 12.6. The highest BCUT2D eigenvalue weighted by atomic mass is 35.5. The summed E-state index contributed by atoms with van der Waals surface area (Å²) < 4.78 is 25.8. The Labute approximate surface area is 73.0 Å². The highest BCUT2D eigenvalue weighted by molar-refractivity contribution is 6.28. The van der Waals surface area contributed by atoms with Crippen LogP contribution in [0.25, 0.3) is 0 Å². The van der Waals surface area contributed by atoms with E-state index < -0.39 is 5.92 Å². The largest absolute Gasteiger partial charge is 0.325 e. The maximum Gasteiger partial charge on any atom is 0.325 e. The SMILES string of the molecule is CC(F)(F)c1cc[n+](O)c(Cl)c1. The quantitative estimate of drug-likeness (QED) is 0.413. The first-order chi connectivity index (χ1) is 5.41. The van der Waals surface area contributed by atoms with E-state index in [0.717, 1.165) is 25.3 Å². The van der Waals surface area contributed by atoms with Crippen molar-refractivity contribution in [1.82, 2.24) is 0 Å². The molecule has 0 saturated heterocycles. The van der Waals surface area contributed by atoms with E-state index in [1.165, 1.54) is 0 Å². The summed E-state index contributed by atoms with van der Waals surface area (Å²) >= 11 is 5.40. The zero-order valence-corrected chi connectivity index (χ0v) is 7.02. The molecule has 1 heterocycles. The Hall–Kier alpha value is -0.900. The molecule has 0 aliphatic heterocycles. The third-order valence-corrected chi connectivity index (χ3v) is 1.68. The molecule has 0 spiro atoms. The van der Waals surface area contributed by atoms with Crippen LogP contribution in [-0.4, -0.2) is 5.21 Å². The standard InChI is InChI=1S/C7H7ClF2NO/c1-7(9,10)5-2-3-11(12)6(8)4-5/h2-4,12H,1H3/q+1. The summed E-state index contributed by atoms with van der Waals surface area (Å²) in [5.41, 5.74) is -0.224. The van der Waals surface area contributed by atoms with Gasteiger partial charge in [-0.05, 0) is 11.6 Å². The van der Waals surface area contributed by atoms with E-state index in [1.54, 1.807) is 0 Å². The predicted octanol–water partition coefficient (Wildman–Crippen LogP) is 1.98. The Morgan fingerprint density at radius 3 is 2.58 bits per heavy atom. The number of nitrogens with zero attached hydrogens (tertiary/aromatic N) is 1. The van der Waals surface area contributed by atoms with Gasteiger partial charge in [0.15, 0.2) is 0 Å². The van der Waals surface area contributed by atoms with Crippen LogP contribution < -0.4 is 4.73 Å². The van der Waals surface area contributed by atoms with Gasteiger partial charge in [-0.25, -0.2) is 8.78 Å². The van der Waals surface area contributed by atoms with Crippen LogP contribution in [0.5, 0.6) is 0 Å². The summed E-state index contributed by atoms with van der Waals surface area (Å²) in [7, 11) is 0. The van der Waals surface area contributed by atoms with Crippen LogP contribution >= 0.6 is 11.6 Å². The van der Waals surface area contributed by atoms with Crippen molar-refractivity contribution in [3.05, 3.63) is 29.0 Å². The van der Waals surface area contributed by atoms with Gasteiger partial charge < -0.3 is 0 Å². The minimum atomic E-state index is -2.93. The van der Waals surface area contributed by atoms with E-state index in [4.69, 9.17) is 16.8 Å². The van der Waals surface area contributed by atoms with Crippen LogP contribution in [0, 0.1) is 0 Å². The van der Waals surface area contributed by atoms with Gasteiger partial charge in [0.1, 0.15) is 0 Å². The number of rotatable bonds is 1. The van der Waals surface area contributed by atoms with Gasteiger partial charge in [-0.2, -0.15) is 0 Å². The molecule has 0 bridgehead atoms. The second kappa shape index (κ2) is 2.86. The van der Waals surface area contributed by atoms with Crippen LogP contribution in [0.3, 0.4) is 0 Å². The third kappa shape index (κ3) is 1.82. The van der Waals surface area contributed by atoms with Crippen molar-refractivity contribution >= 4 is 11.6 Å². The van der Waals surface area contributed by atoms with Crippen molar-refractivity contribution in [1.29, 1.82) is 0 Å². The second-order valence-electron chi connectivity index (χ2n) is 2.47. The molecule has 12 heavy (non-hydrogen) atoms. The first-order valence-electron chi connectivity index (χ1n) is 3.20. The van der Waals surface area contributed by atoms with E-state index in [9.17, 15) is 8.78 Å². The molecule has 0 atom stereocenters. The second-order valence-corrected chi connectivity index (χ2v) is 2.86. The summed E-state index contributed by atoms with van der Waals surface area (Å²) in [6.07, 6.45) is 1.06. The summed E-state index contributed by atoms with van der Waals surface area (Å²) in [5.74, 6) is -2.93. The van der Waals surface area contributed by atoms with Crippen molar-refractivity contribution in [2.45, 2.75) is 12.8 Å². The fraction of sp³-hybridized carbons (Fsp3) is 0.286. The Morgan fingerprint density at radius 1 is 1.58 bits per heavy atom. The van der Waals surface area contributed by atoms with Crippen LogP contribution in [0.4, 0.5) is 8.78 Å². The summed E-state index contributed by atoms with van der Waals surface area (Å²) in [5, 5.41) is 8.70. The van der Waals surface area contributed by atoms with Crippen LogP contribution in [0.2, 0.25) is 5.15 Å². The lowest BCUT2D eigenvalue weighted by atomic mass is 10.2. The highest BCUT2D eigenvalue weighted by Gasteiger charge is 2.26. The van der Waals surface area contributed by atoms with Gasteiger partial charge in [0, 0.05) is 29.4 Å². The predicted molar refractivity (Wildman–Crippen MR) is 38.4 cm³/mol. The molecule has 0 aliphatic carbocycles. The van der Waals surface area contributed by atoms with E-state index in [2.05, 4.69) is 0 Å². The molecule has 0 aromatic carbocycles. The molecule has 1 aromatic rings. The average molecular weight is 195 g/mol. The van der Waals surface area contributed by atoms with E-state index in [1.807, 2.05) is 0 Å². The van der Waals surface area contributed by atoms with Gasteiger partial charge in [-0.15, -0.1) is 0 Å². The number of pyridine rings is 1. The van der Waals surface area contributed by atoms with E-state index >= 15 is 0 Å².